The van der Waals surface area contributed by atoms with Crippen LogP contribution in [-0.4, -0.2) is 89.3 Å². The number of nitro benzene ring substituents is 1. The Labute approximate surface area is 405 Å². The van der Waals surface area contributed by atoms with E-state index in [0.29, 0.717) is 51.7 Å². The number of nitrogens with zero attached hydrogens (tertiary/aromatic N) is 4. The molecule has 0 spiro atoms. The Bertz CT molecular complexity index is 2660. The number of anilines is 1. The molecular formula is C53H65N6O9S+. The Balaban J connectivity index is 1.04. The fourth-order valence-corrected chi connectivity index (χ4v) is 9.85. The molecule has 0 aromatic heterocycles. The summed E-state index contributed by atoms with van der Waals surface area (Å²) in [5, 5.41) is 17.0. The lowest BCUT2D eigenvalue weighted by atomic mass is 9.81. The van der Waals surface area contributed by atoms with Crippen LogP contribution < -0.4 is 15.5 Å². The number of imide groups is 1. The summed E-state index contributed by atoms with van der Waals surface area (Å²) in [6, 6.07) is 19.6. The Hall–Kier alpha value is -6.36. The molecule has 3 aliphatic heterocycles. The number of hydrogen-bond donors (Lipinski definition) is 3. The number of ketones is 1. The van der Waals surface area contributed by atoms with Gasteiger partial charge in [0.15, 0.2) is 5.71 Å². The number of amides is 3. The van der Waals surface area contributed by atoms with Crippen molar-refractivity contribution in [3.05, 3.63) is 142 Å². The molecule has 3 N–H and O–H groups in total. The normalized spacial score (nSPS) is 16.7. The van der Waals surface area contributed by atoms with Gasteiger partial charge in [0, 0.05) is 111 Å². The number of non-ortho nitro benzene ring substituents is 1. The molecule has 0 radical (unpaired) electrons. The number of carbonyl (C=O) groups is 4. The monoisotopic (exact) mass is 961 g/mol. The largest absolute Gasteiger partial charge is 0.354 e. The number of allylic oxidation sites excluding steroid dienone is 6. The average Bonchev–Trinajstić information content (AvgIpc) is 3.83. The van der Waals surface area contributed by atoms with Gasteiger partial charge in [0.2, 0.25) is 11.6 Å². The predicted molar refractivity (Wildman–Crippen MR) is 267 cm³/mol. The predicted octanol–water partition coefficient (Wildman–Crippen LogP) is 8.31. The minimum absolute atomic E-state index is 0.0550. The van der Waals surface area contributed by atoms with Gasteiger partial charge < -0.3 is 15.5 Å². The van der Waals surface area contributed by atoms with Gasteiger partial charge in [0.05, 0.1) is 15.2 Å². The van der Waals surface area contributed by atoms with Crippen LogP contribution in [0.5, 0.6) is 0 Å². The number of nitro groups is 1. The number of nitrogens with one attached hydrogen (secondary N) is 2. The fourth-order valence-electron chi connectivity index (χ4n) is 9.35. The molecular weight excluding hydrogens is 897 g/mol. The van der Waals surface area contributed by atoms with Crippen molar-refractivity contribution >= 4 is 56.4 Å². The van der Waals surface area contributed by atoms with Crippen LogP contribution >= 0.6 is 0 Å². The van der Waals surface area contributed by atoms with Gasteiger partial charge in [0.1, 0.15) is 12.3 Å². The molecule has 16 heteroatoms. The molecule has 0 bridgehead atoms. The second-order valence-corrected chi connectivity index (χ2v) is 20.2. The Morgan fingerprint density at radius 3 is 2.19 bits per heavy atom. The van der Waals surface area contributed by atoms with E-state index in [1.165, 1.54) is 35.9 Å². The van der Waals surface area contributed by atoms with E-state index in [4.69, 9.17) is 0 Å². The first-order valence-corrected chi connectivity index (χ1v) is 25.3. The first-order valence-electron chi connectivity index (χ1n) is 23.8. The van der Waals surface area contributed by atoms with Gasteiger partial charge >= 0.3 is 0 Å². The molecule has 0 saturated carbocycles. The van der Waals surface area contributed by atoms with Crippen LogP contribution in [0.4, 0.5) is 17.1 Å². The molecule has 0 aliphatic carbocycles. The van der Waals surface area contributed by atoms with Gasteiger partial charge in [-0.3, -0.25) is 38.7 Å². The lowest BCUT2D eigenvalue weighted by molar-refractivity contribution is -0.438. The van der Waals surface area contributed by atoms with Crippen molar-refractivity contribution in [1.82, 2.24) is 15.5 Å². The zero-order valence-electron chi connectivity index (χ0n) is 40.1. The molecule has 3 aromatic rings. The molecule has 6 rings (SSSR count). The average molecular weight is 962 g/mol. The summed E-state index contributed by atoms with van der Waals surface area (Å²) in [4.78, 5) is 62.4. The van der Waals surface area contributed by atoms with Crippen molar-refractivity contribution < 1.29 is 41.6 Å². The molecule has 3 aliphatic rings. The van der Waals surface area contributed by atoms with Crippen molar-refractivity contribution in [2.24, 2.45) is 0 Å². The third-order valence-corrected chi connectivity index (χ3v) is 14.0. The van der Waals surface area contributed by atoms with E-state index < -0.39 is 20.5 Å². The fraction of sp³-hybridized carbons (Fsp3) is 0.415. The van der Waals surface area contributed by atoms with Crippen LogP contribution in [0.25, 0.3) is 0 Å². The smallest absolute Gasteiger partial charge is 0.294 e. The number of hydrogen-bond acceptors (Lipinski definition) is 10. The van der Waals surface area contributed by atoms with Gasteiger partial charge in [0.25, 0.3) is 27.6 Å². The first kappa shape index (κ1) is 52.0. The highest BCUT2D eigenvalue weighted by Crippen LogP contribution is 2.48. The van der Waals surface area contributed by atoms with Gasteiger partial charge in [-0.15, -0.1) is 0 Å². The number of unbranched alkanes of at least 4 members (excludes halogenated alkanes) is 4. The van der Waals surface area contributed by atoms with Crippen molar-refractivity contribution in [2.75, 3.05) is 37.6 Å². The Morgan fingerprint density at radius 2 is 1.46 bits per heavy atom. The van der Waals surface area contributed by atoms with Crippen molar-refractivity contribution in [3.8, 4) is 0 Å². The van der Waals surface area contributed by atoms with Crippen molar-refractivity contribution in [3.63, 3.8) is 0 Å². The van der Waals surface area contributed by atoms with Gasteiger partial charge in [-0.25, -0.2) is 0 Å². The number of Topliss-reactive ketones (excluding diaryl/α,β-unsaturated/α-hetero) is 1. The number of para-hydroxylation sites is 1. The molecule has 0 fully saturated rings. The highest BCUT2D eigenvalue weighted by Gasteiger charge is 2.44. The maximum absolute atomic E-state index is 12.7. The van der Waals surface area contributed by atoms with Crippen LogP contribution in [0, 0.1) is 10.1 Å². The van der Waals surface area contributed by atoms with E-state index >= 15 is 0 Å². The van der Waals surface area contributed by atoms with Crippen LogP contribution in [-0.2, 0) is 46.7 Å². The summed E-state index contributed by atoms with van der Waals surface area (Å²) in [7, 11) is -4.42. The lowest BCUT2D eigenvalue weighted by Gasteiger charge is -2.27. The topological polar surface area (TPSA) is 199 Å². The van der Waals surface area contributed by atoms with Crippen LogP contribution in [0.2, 0.25) is 0 Å². The summed E-state index contributed by atoms with van der Waals surface area (Å²) in [5.74, 6) is -0.620. The molecule has 0 saturated heterocycles. The zero-order valence-corrected chi connectivity index (χ0v) is 40.9. The maximum atomic E-state index is 12.7. The number of rotatable bonds is 26. The number of benzene rings is 3. The highest BCUT2D eigenvalue weighted by molar-refractivity contribution is 7.85. The van der Waals surface area contributed by atoms with Crippen molar-refractivity contribution in [2.45, 2.75) is 114 Å². The number of carbonyl (C=O) groups excluding carboxylic acids is 4. The standard InChI is InChI=1S/C53H64N6O9S/c1-52(2)43-19-12-13-20-45(43)56(34-15-7-11-23-49(61)55-33-36-58-50(62)30-31-51(58)63)47(52)21-9-5-10-22-48-53(3,4)44-37-42(69(66,67)68)28-29-46(44)57(48)35-14-6-8-17-41(60)18-16-32-54-38-39-24-26-40(27-25-39)59(64)65/h5,9-10,12-13,19-22,24-31,37,54H,6-8,11,14-18,23,32-36,38H2,1-4H3,(H-,55,61,66,67,68)/p+1. The van der Waals surface area contributed by atoms with Crippen molar-refractivity contribution in [1.29, 1.82) is 0 Å². The van der Waals surface area contributed by atoms with E-state index in [0.717, 1.165) is 77.5 Å². The molecule has 0 unspecified atom stereocenters. The van der Waals surface area contributed by atoms with E-state index in [2.05, 4.69) is 64.3 Å². The maximum Gasteiger partial charge on any atom is 0.294 e. The Morgan fingerprint density at radius 1 is 0.768 bits per heavy atom. The lowest BCUT2D eigenvalue weighted by Crippen LogP contribution is -2.38. The van der Waals surface area contributed by atoms with E-state index in [1.54, 1.807) is 24.3 Å². The van der Waals surface area contributed by atoms with Crippen LogP contribution in [0.15, 0.2) is 120 Å². The molecule has 3 aromatic carbocycles. The SMILES string of the molecule is CC1(C)C(=CC=CC=CC2=[N+](CCCCCC(=O)NCCN3C(=O)C=CC3=O)c3ccccc3C2(C)C)N(CCCCCC(=O)CCCNCc2ccc([N+](=O)[O-])cc2)c2ccc(S(=O)(=O)O)cc21. The minimum Gasteiger partial charge on any atom is -0.354 e. The third-order valence-electron chi connectivity index (χ3n) is 13.2. The molecule has 15 nitrogen and oxygen atoms in total. The molecule has 3 amide bonds. The molecule has 69 heavy (non-hydrogen) atoms. The minimum atomic E-state index is -4.42. The second kappa shape index (κ2) is 23.3. The summed E-state index contributed by atoms with van der Waals surface area (Å²) >= 11 is 0. The summed E-state index contributed by atoms with van der Waals surface area (Å²) in [6.07, 6.45) is 19.6. The quantitative estimate of drug-likeness (QED) is 0.0133. The summed E-state index contributed by atoms with van der Waals surface area (Å²) in [5.41, 5.74) is 6.36. The second-order valence-electron chi connectivity index (χ2n) is 18.8. The molecule has 3 heterocycles. The summed E-state index contributed by atoms with van der Waals surface area (Å²) < 4.78 is 36.7. The highest BCUT2D eigenvalue weighted by atomic mass is 32.2. The van der Waals surface area contributed by atoms with Gasteiger partial charge in [-0.05, 0) is 87.9 Å². The number of fused-ring (bicyclic) bond motifs is 2. The Kier molecular flexibility index (Phi) is 17.6. The van der Waals surface area contributed by atoms with E-state index in [-0.39, 0.29) is 52.6 Å². The summed E-state index contributed by atoms with van der Waals surface area (Å²) in [6.45, 7) is 11.6. The van der Waals surface area contributed by atoms with Gasteiger partial charge in [-0.1, -0.05) is 68.8 Å². The van der Waals surface area contributed by atoms with Crippen LogP contribution in [0.1, 0.15) is 109 Å². The zero-order chi connectivity index (χ0) is 49.8. The third kappa shape index (κ3) is 13.2. The molecule has 366 valence electrons. The molecule has 0 atom stereocenters. The van der Waals surface area contributed by atoms with Crippen LogP contribution in [0.3, 0.4) is 0 Å². The van der Waals surface area contributed by atoms with E-state index in [1.807, 2.05) is 38.1 Å². The van der Waals surface area contributed by atoms with Gasteiger partial charge in [-0.2, -0.15) is 13.0 Å². The first-order chi connectivity index (χ1) is 32.9. The van der Waals surface area contributed by atoms with E-state index in [9.17, 15) is 42.3 Å².